The highest BCUT2D eigenvalue weighted by molar-refractivity contribution is 5.65. The van der Waals surface area contributed by atoms with Gasteiger partial charge in [-0.2, -0.15) is 0 Å². The van der Waals surface area contributed by atoms with Crippen molar-refractivity contribution in [3.05, 3.63) is 24.1 Å². The monoisotopic (exact) mass is 321 g/mol. The van der Waals surface area contributed by atoms with Crippen molar-refractivity contribution in [3.8, 4) is 0 Å². The Labute approximate surface area is 136 Å². The molecule has 1 aromatic rings. The fraction of sp³-hybridized carbons (Fsp3) is 0.647. The van der Waals surface area contributed by atoms with Crippen LogP contribution in [0.15, 0.2) is 18.3 Å². The van der Waals surface area contributed by atoms with E-state index in [1.807, 2.05) is 0 Å². The molecule has 2 aliphatic rings. The molecule has 1 heterocycles. The first kappa shape index (κ1) is 16.0. The molecule has 0 unspecified atom stereocenters. The van der Waals surface area contributed by atoms with Crippen molar-refractivity contribution in [2.75, 3.05) is 18.5 Å². The van der Waals surface area contributed by atoms with Gasteiger partial charge >= 0.3 is 6.09 Å². The van der Waals surface area contributed by atoms with Gasteiger partial charge in [0.05, 0.1) is 6.20 Å². The zero-order valence-corrected chi connectivity index (χ0v) is 13.5. The Balaban J connectivity index is 1.66. The molecular weight excluding hydrogens is 297 g/mol. The molecule has 0 saturated heterocycles. The number of hydrogen-bond donors (Lipinski definition) is 1. The van der Waals surface area contributed by atoms with Crippen LogP contribution in [-0.2, 0) is 0 Å². The predicted molar refractivity (Wildman–Crippen MR) is 86.1 cm³/mol. The molecule has 0 atom stereocenters. The molecule has 5 nitrogen and oxygen atoms in total. The molecule has 3 rings (SSSR count). The Morgan fingerprint density at radius 3 is 2.39 bits per heavy atom. The Morgan fingerprint density at radius 2 is 1.87 bits per heavy atom. The van der Waals surface area contributed by atoms with Gasteiger partial charge in [0.2, 0.25) is 0 Å². The molecule has 2 aliphatic carbocycles. The van der Waals surface area contributed by atoms with Crippen LogP contribution in [-0.4, -0.2) is 46.8 Å². The van der Waals surface area contributed by atoms with Crippen LogP contribution in [0.2, 0.25) is 0 Å². The maximum atomic E-state index is 13.1. The van der Waals surface area contributed by atoms with Gasteiger partial charge in [0.15, 0.2) is 0 Å². The minimum atomic E-state index is -0.858. The summed E-state index contributed by atoms with van der Waals surface area (Å²) < 4.78 is 13.1. The van der Waals surface area contributed by atoms with Gasteiger partial charge in [-0.1, -0.05) is 0 Å². The molecule has 1 N–H and O–H groups in total. The Bertz CT molecular complexity index is 539. The van der Waals surface area contributed by atoms with Gasteiger partial charge < -0.3 is 14.9 Å². The molecule has 126 valence electrons. The SMILES string of the molecule is CN(C(=O)O)C1CCC(N(CC2CC2)c2ccc(F)cn2)CC1. The molecule has 1 aromatic heterocycles. The predicted octanol–water partition coefficient (Wildman–Crippen LogP) is 3.36. The highest BCUT2D eigenvalue weighted by atomic mass is 19.1. The molecule has 0 aliphatic heterocycles. The lowest BCUT2D eigenvalue weighted by Crippen LogP contribution is -2.45. The molecule has 23 heavy (non-hydrogen) atoms. The van der Waals surface area contributed by atoms with Crippen molar-refractivity contribution < 1.29 is 14.3 Å². The Hall–Kier alpha value is -1.85. The van der Waals surface area contributed by atoms with Crippen LogP contribution in [0.4, 0.5) is 15.0 Å². The van der Waals surface area contributed by atoms with Gasteiger partial charge in [-0.05, 0) is 56.6 Å². The number of pyridine rings is 1. The van der Waals surface area contributed by atoms with Gasteiger partial charge in [-0.3, -0.25) is 0 Å². The number of halogens is 1. The second-order valence-corrected chi connectivity index (χ2v) is 6.79. The van der Waals surface area contributed by atoms with Crippen molar-refractivity contribution in [3.63, 3.8) is 0 Å². The average molecular weight is 321 g/mol. The molecule has 0 aromatic carbocycles. The van der Waals surface area contributed by atoms with Crippen LogP contribution in [0.5, 0.6) is 0 Å². The maximum Gasteiger partial charge on any atom is 0.407 e. The molecule has 0 bridgehead atoms. The molecule has 0 spiro atoms. The number of amides is 1. The van der Waals surface area contributed by atoms with Gasteiger partial charge in [-0.15, -0.1) is 0 Å². The molecule has 0 radical (unpaired) electrons. The minimum Gasteiger partial charge on any atom is -0.465 e. The van der Waals surface area contributed by atoms with Gasteiger partial charge in [0, 0.05) is 25.7 Å². The fourth-order valence-electron chi connectivity index (χ4n) is 3.46. The van der Waals surface area contributed by atoms with E-state index in [0.29, 0.717) is 6.04 Å². The van der Waals surface area contributed by atoms with Crippen molar-refractivity contribution in [2.45, 2.75) is 50.6 Å². The van der Waals surface area contributed by atoms with Crippen molar-refractivity contribution in [1.29, 1.82) is 0 Å². The highest BCUT2D eigenvalue weighted by Gasteiger charge is 2.33. The molecule has 6 heteroatoms. The van der Waals surface area contributed by atoms with E-state index in [4.69, 9.17) is 5.11 Å². The minimum absolute atomic E-state index is 0.104. The zero-order chi connectivity index (χ0) is 16.4. The summed E-state index contributed by atoms with van der Waals surface area (Å²) in [5.74, 6) is 1.25. The first-order valence-corrected chi connectivity index (χ1v) is 8.38. The number of aromatic nitrogens is 1. The van der Waals surface area contributed by atoms with E-state index in [2.05, 4.69) is 9.88 Å². The number of anilines is 1. The summed E-state index contributed by atoms with van der Waals surface area (Å²) in [5.41, 5.74) is 0. The third kappa shape index (κ3) is 3.92. The van der Waals surface area contributed by atoms with Gasteiger partial charge in [0.25, 0.3) is 0 Å². The third-order valence-electron chi connectivity index (χ3n) is 5.11. The second kappa shape index (κ2) is 6.72. The summed E-state index contributed by atoms with van der Waals surface area (Å²) in [6.07, 6.45) is 6.58. The van der Waals surface area contributed by atoms with Crippen LogP contribution < -0.4 is 4.90 Å². The number of hydrogen-bond acceptors (Lipinski definition) is 3. The summed E-state index contributed by atoms with van der Waals surface area (Å²) in [7, 11) is 1.65. The van der Waals surface area contributed by atoms with E-state index in [9.17, 15) is 9.18 Å². The standard InChI is InChI=1S/C17H24FN3O2/c1-20(17(22)23)14-5-7-15(8-6-14)21(11-12-2-3-12)16-9-4-13(18)10-19-16/h4,9-10,12,14-15H,2-3,5-8,11H2,1H3,(H,22,23). The summed E-state index contributed by atoms with van der Waals surface area (Å²) in [5, 5.41) is 9.11. The van der Waals surface area contributed by atoms with E-state index in [0.717, 1.165) is 44.0 Å². The summed E-state index contributed by atoms with van der Waals surface area (Å²) in [4.78, 5) is 19.1. The average Bonchev–Trinajstić information content (AvgIpc) is 3.37. The summed E-state index contributed by atoms with van der Waals surface area (Å²) in [6.45, 7) is 0.975. The first-order valence-electron chi connectivity index (χ1n) is 8.38. The van der Waals surface area contributed by atoms with Crippen LogP contribution in [0, 0.1) is 11.7 Å². The smallest absolute Gasteiger partial charge is 0.407 e. The van der Waals surface area contributed by atoms with Gasteiger partial charge in [-0.25, -0.2) is 14.2 Å². The normalized spacial score (nSPS) is 24.3. The number of carbonyl (C=O) groups is 1. The molecular formula is C17H24FN3O2. The quantitative estimate of drug-likeness (QED) is 0.903. The first-order chi connectivity index (χ1) is 11.0. The van der Waals surface area contributed by atoms with Crippen molar-refractivity contribution in [2.24, 2.45) is 5.92 Å². The van der Waals surface area contributed by atoms with Crippen LogP contribution in [0.1, 0.15) is 38.5 Å². The van der Waals surface area contributed by atoms with Crippen LogP contribution in [0.25, 0.3) is 0 Å². The van der Waals surface area contributed by atoms with E-state index < -0.39 is 6.09 Å². The lowest BCUT2D eigenvalue weighted by atomic mass is 9.89. The summed E-state index contributed by atoms with van der Waals surface area (Å²) >= 11 is 0. The number of carboxylic acid groups (broad SMARTS) is 1. The van der Waals surface area contributed by atoms with Crippen LogP contribution >= 0.6 is 0 Å². The number of nitrogens with zero attached hydrogens (tertiary/aromatic N) is 3. The van der Waals surface area contributed by atoms with E-state index in [-0.39, 0.29) is 11.9 Å². The van der Waals surface area contributed by atoms with Gasteiger partial charge in [0.1, 0.15) is 11.6 Å². The maximum absolute atomic E-state index is 13.1. The van der Waals surface area contributed by atoms with E-state index >= 15 is 0 Å². The molecule has 1 amide bonds. The van der Waals surface area contributed by atoms with E-state index in [1.165, 1.54) is 30.0 Å². The molecule has 2 fully saturated rings. The van der Waals surface area contributed by atoms with Crippen LogP contribution in [0.3, 0.4) is 0 Å². The highest BCUT2D eigenvalue weighted by Crippen LogP contribution is 2.35. The molecule has 2 saturated carbocycles. The largest absolute Gasteiger partial charge is 0.465 e. The lowest BCUT2D eigenvalue weighted by molar-refractivity contribution is 0.123. The van der Waals surface area contributed by atoms with Crippen molar-refractivity contribution >= 4 is 11.9 Å². The fourth-order valence-corrected chi connectivity index (χ4v) is 3.46. The Kier molecular flexibility index (Phi) is 4.68. The van der Waals surface area contributed by atoms with E-state index in [1.54, 1.807) is 13.1 Å². The lowest BCUT2D eigenvalue weighted by Gasteiger charge is -2.39. The zero-order valence-electron chi connectivity index (χ0n) is 13.5. The topological polar surface area (TPSA) is 56.7 Å². The van der Waals surface area contributed by atoms with Crippen molar-refractivity contribution in [1.82, 2.24) is 9.88 Å². The Morgan fingerprint density at radius 1 is 1.22 bits per heavy atom. The number of rotatable bonds is 5. The second-order valence-electron chi connectivity index (χ2n) is 6.79. The summed E-state index contributed by atoms with van der Waals surface area (Å²) in [6, 6.07) is 3.69. The third-order valence-corrected chi connectivity index (χ3v) is 5.11.